The Kier molecular flexibility index (Phi) is 5.95. The molecule has 2 unspecified atom stereocenters. The molecule has 5 nitrogen and oxygen atoms in total. The van der Waals surface area contributed by atoms with Crippen LogP contribution in [0.2, 0.25) is 0 Å². The van der Waals surface area contributed by atoms with Gasteiger partial charge >= 0.3 is 0 Å². The fourth-order valence-electron chi connectivity index (χ4n) is 5.02. The van der Waals surface area contributed by atoms with E-state index >= 15 is 0 Å². The smallest absolute Gasteiger partial charge is 0.146 e. The molecule has 2 aromatic heterocycles. The SMILES string of the molecule is Cc1sc2nc(CN3CCCC3)nc(NC3CCN(Cc4ccccc4)C3C)c2c1C. The van der Waals surface area contributed by atoms with E-state index in [1.54, 1.807) is 11.3 Å². The van der Waals surface area contributed by atoms with Crippen LogP contribution >= 0.6 is 11.3 Å². The molecule has 0 bridgehead atoms. The standard InChI is InChI=1S/C25H33N5S/c1-17-19(3)31-25-23(17)24(27-22(28-25)16-29-12-7-8-13-29)26-21-11-14-30(18(21)2)15-20-9-5-4-6-10-20/h4-6,9-10,18,21H,7-8,11-16H2,1-3H3,(H,26,27,28). The fraction of sp³-hybridized carbons (Fsp3) is 0.520. The number of aryl methyl sites for hydroxylation is 2. The normalized spacial score (nSPS) is 22.5. The van der Waals surface area contributed by atoms with Crippen molar-refractivity contribution in [3.8, 4) is 0 Å². The Bertz CT molecular complexity index is 1040. The molecule has 3 aromatic rings. The van der Waals surface area contributed by atoms with E-state index in [1.807, 2.05) is 0 Å². The van der Waals surface area contributed by atoms with Gasteiger partial charge in [-0.3, -0.25) is 9.80 Å². The van der Waals surface area contributed by atoms with Gasteiger partial charge in [-0.1, -0.05) is 30.3 Å². The lowest BCUT2D eigenvalue weighted by Crippen LogP contribution is -2.36. The van der Waals surface area contributed by atoms with Gasteiger partial charge in [0.05, 0.1) is 11.9 Å². The number of anilines is 1. The van der Waals surface area contributed by atoms with Crippen molar-refractivity contribution in [2.24, 2.45) is 0 Å². The lowest BCUT2D eigenvalue weighted by Gasteiger charge is -2.26. The number of aromatic nitrogens is 2. The molecule has 0 amide bonds. The molecule has 0 saturated carbocycles. The average molecular weight is 436 g/mol. The Morgan fingerprint density at radius 1 is 1.03 bits per heavy atom. The van der Waals surface area contributed by atoms with Crippen molar-refractivity contribution in [2.45, 2.75) is 65.2 Å². The van der Waals surface area contributed by atoms with Crippen LogP contribution in [0.3, 0.4) is 0 Å². The Morgan fingerprint density at radius 2 is 1.81 bits per heavy atom. The Balaban J connectivity index is 1.38. The predicted molar refractivity (Wildman–Crippen MR) is 130 cm³/mol. The van der Waals surface area contributed by atoms with Gasteiger partial charge in [-0.25, -0.2) is 9.97 Å². The van der Waals surface area contributed by atoms with E-state index in [9.17, 15) is 0 Å². The predicted octanol–water partition coefficient (Wildman–Crippen LogP) is 4.98. The van der Waals surface area contributed by atoms with Crippen LogP contribution < -0.4 is 5.32 Å². The van der Waals surface area contributed by atoms with Crippen molar-refractivity contribution in [2.75, 3.05) is 25.0 Å². The van der Waals surface area contributed by atoms with Crippen molar-refractivity contribution >= 4 is 27.4 Å². The Labute approximate surface area is 189 Å². The second-order valence-corrected chi connectivity index (χ2v) is 10.4. The molecule has 0 spiro atoms. The first kappa shape index (κ1) is 20.9. The molecule has 2 aliphatic heterocycles. The van der Waals surface area contributed by atoms with Gasteiger partial charge in [0.2, 0.25) is 0 Å². The van der Waals surface area contributed by atoms with Crippen molar-refractivity contribution in [1.29, 1.82) is 0 Å². The quantitative estimate of drug-likeness (QED) is 0.592. The van der Waals surface area contributed by atoms with Gasteiger partial charge < -0.3 is 5.32 Å². The summed E-state index contributed by atoms with van der Waals surface area (Å²) in [5.74, 6) is 2.00. The number of nitrogens with zero attached hydrogens (tertiary/aromatic N) is 4. The van der Waals surface area contributed by atoms with E-state index in [0.717, 1.165) is 42.5 Å². The van der Waals surface area contributed by atoms with Crippen LogP contribution in [0.15, 0.2) is 30.3 Å². The minimum absolute atomic E-state index is 0.404. The first-order chi connectivity index (χ1) is 15.1. The van der Waals surface area contributed by atoms with Gasteiger partial charge in [0.25, 0.3) is 0 Å². The van der Waals surface area contributed by atoms with Crippen LogP contribution in [-0.2, 0) is 13.1 Å². The first-order valence-corrected chi connectivity index (χ1v) is 12.4. The zero-order valence-corrected chi connectivity index (χ0v) is 19.7. The van der Waals surface area contributed by atoms with Crippen LogP contribution in [0.5, 0.6) is 0 Å². The van der Waals surface area contributed by atoms with E-state index in [4.69, 9.17) is 9.97 Å². The van der Waals surface area contributed by atoms with Crippen molar-refractivity contribution in [1.82, 2.24) is 19.8 Å². The summed E-state index contributed by atoms with van der Waals surface area (Å²) in [6.45, 7) is 12.1. The van der Waals surface area contributed by atoms with E-state index in [1.165, 1.54) is 47.3 Å². The highest BCUT2D eigenvalue weighted by atomic mass is 32.1. The minimum atomic E-state index is 0.404. The number of hydrogen-bond acceptors (Lipinski definition) is 6. The van der Waals surface area contributed by atoms with E-state index < -0.39 is 0 Å². The van der Waals surface area contributed by atoms with E-state index in [2.05, 4.69) is 66.2 Å². The molecule has 164 valence electrons. The lowest BCUT2D eigenvalue weighted by molar-refractivity contribution is 0.255. The number of benzene rings is 1. The fourth-order valence-corrected chi connectivity index (χ4v) is 6.07. The number of rotatable bonds is 6. The summed E-state index contributed by atoms with van der Waals surface area (Å²) in [5.41, 5.74) is 2.71. The number of fused-ring (bicyclic) bond motifs is 1. The zero-order valence-electron chi connectivity index (χ0n) is 18.9. The summed E-state index contributed by atoms with van der Waals surface area (Å²) < 4.78 is 0. The third-order valence-electron chi connectivity index (χ3n) is 7.07. The highest BCUT2D eigenvalue weighted by molar-refractivity contribution is 7.18. The van der Waals surface area contributed by atoms with Crippen LogP contribution in [0.4, 0.5) is 5.82 Å². The molecule has 2 atom stereocenters. The number of likely N-dealkylation sites (tertiary alicyclic amines) is 2. The van der Waals surface area contributed by atoms with Gasteiger partial charge in [0.15, 0.2) is 0 Å². The summed E-state index contributed by atoms with van der Waals surface area (Å²) >= 11 is 1.81. The molecule has 1 N–H and O–H groups in total. The van der Waals surface area contributed by atoms with Gasteiger partial charge in [-0.05, 0) is 64.3 Å². The molecule has 2 fully saturated rings. The van der Waals surface area contributed by atoms with E-state index in [0.29, 0.717) is 12.1 Å². The molecule has 2 aliphatic rings. The third kappa shape index (κ3) is 4.34. The van der Waals surface area contributed by atoms with Crippen LogP contribution in [0.1, 0.15) is 48.0 Å². The lowest BCUT2D eigenvalue weighted by atomic mass is 10.1. The summed E-state index contributed by atoms with van der Waals surface area (Å²) in [5, 5.41) is 5.09. The van der Waals surface area contributed by atoms with Crippen LogP contribution in [0, 0.1) is 13.8 Å². The summed E-state index contributed by atoms with van der Waals surface area (Å²) in [7, 11) is 0. The summed E-state index contributed by atoms with van der Waals surface area (Å²) in [4.78, 5) is 17.6. The molecule has 2 saturated heterocycles. The van der Waals surface area contributed by atoms with Crippen molar-refractivity contribution in [3.63, 3.8) is 0 Å². The van der Waals surface area contributed by atoms with Crippen molar-refractivity contribution < 1.29 is 0 Å². The molecule has 5 rings (SSSR count). The van der Waals surface area contributed by atoms with Gasteiger partial charge in [-0.2, -0.15) is 0 Å². The van der Waals surface area contributed by atoms with Crippen LogP contribution in [0.25, 0.3) is 10.2 Å². The second kappa shape index (κ2) is 8.85. The molecular formula is C25H33N5S. The molecule has 31 heavy (non-hydrogen) atoms. The number of hydrogen-bond donors (Lipinski definition) is 1. The Morgan fingerprint density at radius 3 is 2.58 bits per heavy atom. The van der Waals surface area contributed by atoms with Gasteiger partial charge in [0.1, 0.15) is 16.5 Å². The number of thiophene rings is 1. The average Bonchev–Trinajstić information content (AvgIpc) is 3.46. The van der Waals surface area contributed by atoms with Gasteiger partial charge in [-0.15, -0.1) is 11.3 Å². The highest BCUT2D eigenvalue weighted by Gasteiger charge is 2.31. The minimum Gasteiger partial charge on any atom is -0.365 e. The van der Waals surface area contributed by atoms with Crippen molar-refractivity contribution in [3.05, 3.63) is 52.2 Å². The molecule has 0 aliphatic carbocycles. The number of nitrogens with one attached hydrogen (secondary N) is 1. The third-order valence-corrected chi connectivity index (χ3v) is 8.18. The van der Waals surface area contributed by atoms with Gasteiger partial charge in [0, 0.05) is 30.1 Å². The second-order valence-electron chi connectivity index (χ2n) is 9.17. The molecule has 4 heterocycles. The monoisotopic (exact) mass is 435 g/mol. The maximum absolute atomic E-state index is 5.07. The largest absolute Gasteiger partial charge is 0.365 e. The molecule has 0 radical (unpaired) electrons. The molecular weight excluding hydrogens is 402 g/mol. The molecule has 6 heteroatoms. The zero-order chi connectivity index (χ0) is 21.4. The van der Waals surface area contributed by atoms with E-state index in [-0.39, 0.29) is 0 Å². The highest BCUT2D eigenvalue weighted by Crippen LogP contribution is 2.35. The topological polar surface area (TPSA) is 44.3 Å². The maximum atomic E-state index is 5.07. The van der Waals surface area contributed by atoms with Crippen LogP contribution in [-0.4, -0.2) is 51.5 Å². The Hall–Kier alpha value is -2.02. The maximum Gasteiger partial charge on any atom is 0.146 e. The summed E-state index contributed by atoms with van der Waals surface area (Å²) in [6.07, 6.45) is 3.73. The first-order valence-electron chi connectivity index (χ1n) is 11.6. The molecule has 1 aromatic carbocycles. The summed E-state index contributed by atoms with van der Waals surface area (Å²) in [6, 6.07) is 11.7.